The van der Waals surface area contributed by atoms with E-state index in [1.54, 1.807) is 4.68 Å². The molecule has 0 saturated heterocycles. The molecule has 23 heavy (non-hydrogen) atoms. The van der Waals surface area contributed by atoms with Gasteiger partial charge in [-0.3, -0.25) is 9.48 Å². The number of amides is 1. The summed E-state index contributed by atoms with van der Waals surface area (Å²) in [4.78, 5) is 12.7. The number of rotatable bonds is 5. The van der Waals surface area contributed by atoms with Crippen LogP contribution >= 0.6 is 0 Å². The molecule has 0 spiro atoms. The quantitative estimate of drug-likeness (QED) is 0.887. The fraction of sp³-hybridized carbons (Fsp3) is 0.474. The van der Waals surface area contributed by atoms with Gasteiger partial charge < -0.3 is 5.32 Å². The molecule has 2 aromatic rings. The fourth-order valence-corrected chi connectivity index (χ4v) is 3.16. The van der Waals surface area contributed by atoms with E-state index in [9.17, 15) is 4.79 Å². The van der Waals surface area contributed by atoms with Crippen LogP contribution < -0.4 is 5.32 Å². The molecule has 0 aliphatic heterocycles. The summed E-state index contributed by atoms with van der Waals surface area (Å²) in [5.41, 5.74) is 4.39. The van der Waals surface area contributed by atoms with Gasteiger partial charge in [0.15, 0.2) is 0 Å². The smallest absolute Gasteiger partial charge is 0.259 e. The predicted octanol–water partition coefficient (Wildman–Crippen LogP) is 4.44. The van der Waals surface area contributed by atoms with Crippen LogP contribution in [0, 0.1) is 19.8 Å². The Morgan fingerprint density at radius 3 is 2.43 bits per heavy atom. The molecule has 0 aliphatic carbocycles. The average Bonchev–Trinajstić information content (AvgIpc) is 2.71. The number of hydrogen-bond acceptors (Lipinski definition) is 2. The van der Waals surface area contributed by atoms with Crippen molar-refractivity contribution in [1.29, 1.82) is 0 Å². The molecule has 0 bridgehead atoms. The molecule has 0 aliphatic rings. The number of anilines is 1. The molecule has 124 valence electrons. The minimum absolute atomic E-state index is 0.0858. The third-order valence-electron chi connectivity index (χ3n) is 4.30. The van der Waals surface area contributed by atoms with Gasteiger partial charge in [-0.2, -0.15) is 5.10 Å². The van der Waals surface area contributed by atoms with Gasteiger partial charge in [-0.1, -0.05) is 39.0 Å². The molecular weight excluding hydrogens is 286 g/mol. The van der Waals surface area contributed by atoms with Crippen molar-refractivity contribution in [2.75, 3.05) is 5.32 Å². The number of carbonyl (C=O) groups excluding carboxylic acids is 1. The number of nitrogens with zero attached hydrogens (tertiary/aromatic N) is 2. The van der Waals surface area contributed by atoms with Gasteiger partial charge in [-0.15, -0.1) is 0 Å². The van der Waals surface area contributed by atoms with Crippen molar-refractivity contribution in [1.82, 2.24) is 9.78 Å². The second-order valence-electron chi connectivity index (χ2n) is 6.74. The lowest BCUT2D eigenvalue weighted by Gasteiger charge is -2.18. The monoisotopic (exact) mass is 313 g/mol. The van der Waals surface area contributed by atoms with Crippen LogP contribution in [0.3, 0.4) is 0 Å². The number of carbonyl (C=O) groups is 1. The number of aryl methyl sites for hydroxylation is 2. The molecule has 1 aromatic heterocycles. The first kappa shape index (κ1) is 17.3. The third-order valence-corrected chi connectivity index (χ3v) is 4.30. The summed E-state index contributed by atoms with van der Waals surface area (Å²) in [6.45, 7) is 10.4. The minimum Gasteiger partial charge on any atom is -0.322 e. The summed E-state index contributed by atoms with van der Waals surface area (Å²) in [6, 6.07) is 8.07. The van der Waals surface area contributed by atoms with Crippen LogP contribution in [0.2, 0.25) is 0 Å². The Hall–Kier alpha value is -2.10. The van der Waals surface area contributed by atoms with E-state index in [0.29, 0.717) is 17.4 Å². The highest BCUT2D eigenvalue weighted by atomic mass is 16.1. The number of aromatic nitrogens is 2. The van der Waals surface area contributed by atoms with Crippen LogP contribution in [-0.2, 0) is 7.05 Å². The Balaban J connectivity index is 2.28. The topological polar surface area (TPSA) is 46.9 Å². The van der Waals surface area contributed by atoms with Crippen LogP contribution in [-0.4, -0.2) is 15.7 Å². The van der Waals surface area contributed by atoms with Crippen LogP contribution in [0.4, 0.5) is 5.69 Å². The Labute approximate surface area is 138 Å². The van der Waals surface area contributed by atoms with Gasteiger partial charge in [0, 0.05) is 18.4 Å². The highest BCUT2D eigenvalue weighted by Crippen LogP contribution is 2.29. The van der Waals surface area contributed by atoms with Gasteiger partial charge in [0.2, 0.25) is 0 Å². The zero-order valence-corrected chi connectivity index (χ0v) is 15.0. The third kappa shape index (κ3) is 3.81. The van der Waals surface area contributed by atoms with E-state index in [4.69, 9.17) is 0 Å². The van der Waals surface area contributed by atoms with Crippen LogP contribution in [0.15, 0.2) is 24.3 Å². The molecule has 0 fully saturated rings. The summed E-state index contributed by atoms with van der Waals surface area (Å²) < 4.78 is 1.75. The second-order valence-corrected chi connectivity index (χ2v) is 6.74. The van der Waals surface area contributed by atoms with Gasteiger partial charge >= 0.3 is 0 Å². The highest BCUT2D eigenvalue weighted by Gasteiger charge is 2.19. The van der Waals surface area contributed by atoms with E-state index in [0.717, 1.165) is 23.5 Å². The van der Waals surface area contributed by atoms with Crippen molar-refractivity contribution in [2.24, 2.45) is 13.0 Å². The normalized spacial score (nSPS) is 12.5. The number of hydrogen-bond donors (Lipinski definition) is 1. The molecule has 1 atom stereocenters. The molecular formula is C19H27N3O. The zero-order chi connectivity index (χ0) is 17.1. The van der Waals surface area contributed by atoms with Gasteiger partial charge in [0.1, 0.15) is 0 Å². The molecule has 1 heterocycles. The maximum atomic E-state index is 12.7. The molecule has 4 nitrogen and oxygen atoms in total. The van der Waals surface area contributed by atoms with E-state index in [1.807, 2.05) is 39.1 Å². The predicted molar refractivity (Wildman–Crippen MR) is 94.9 cm³/mol. The summed E-state index contributed by atoms with van der Waals surface area (Å²) in [5, 5.41) is 7.41. The van der Waals surface area contributed by atoms with Crippen molar-refractivity contribution in [3.8, 4) is 0 Å². The molecule has 0 radical (unpaired) electrons. The van der Waals surface area contributed by atoms with Gasteiger partial charge in [0.05, 0.1) is 11.3 Å². The first-order chi connectivity index (χ1) is 10.8. The molecule has 1 amide bonds. The van der Waals surface area contributed by atoms with E-state index in [1.165, 1.54) is 5.56 Å². The molecule has 1 unspecified atom stereocenters. The summed E-state index contributed by atoms with van der Waals surface area (Å²) in [7, 11) is 1.86. The maximum absolute atomic E-state index is 12.7. The van der Waals surface area contributed by atoms with Crippen LogP contribution in [0.25, 0.3) is 0 Å². The minimum atomic E-state index is -0.0858. The van der Waals surface area contributed by atoms with Crippen molar-refractivity contribution in [3.63, 3.8) is 0 Å². The molecule has 1 aromatic carbocycles. The van der Waals surface area contributed by atoms with Crippen molar-refractivity contribution >= 4 is 11.6 Å². The van der Waals surface area contributed by atoms with Crippen molar-refractivity contribution in [3.05, 3.63) is 46.8 Å². The van der Waals surface area contributed by atoms with E-state index in [2.05, 4.69) is 37.3 Å². The van der Waals surface area contributed by atoms with Crippen molar-refractivity contribution < 1.29 is 4.79 Å². The average molecular weight is 313 g/mol. The summed E-state index contributed by atoms with van der Waals surface area (Å²) in [6.07, 6.45) is 1.10. The molecule has 1 N–H and O–H groups in total. The van der Waals surface area contributed by atoms with Gasteiger partial charge in [0.25, 0.3) is 5.91 Å². The zero-order valence-electron chi connectivity index (χ0n) is 15.0. The standard InChI is InChI=1S/C19H27N3O/c1-12(2)11-13(3)16-9-7-8-10-17(16)20-19(23)18-14(4)21-22(6)15(18)5/h7-10,12-13H,11H2,1-6H3,(H,20,23). The number of para-hydroxylation sites is 1. The van der Waals surface area contributed by atoms with Crippen LogP contribution in [0.1, 0.15) is 60.4 Å². The largest absolute Gasteiger partial charge is 0.322 e. The van der Waals surface area contributed by atoms with Crippen molar-refractivity contribution in [2.45, 2.75) is 47.0 Å². The Bertz CT molecular complexity index is 701. The Morgan fingerprint density at radius 2 is 1.87 bits per heavy atom. The first-order valence-corrected chi connectivity index (χ1v) is 8.21. The molecule has 4 heteroatoms. The first-order valence-electron chi connectivity index (χ1n) is 8.21. The summed E-state index contributed by atoms with van der Waals surface area (Å²) >= 11 is 0. The Morgan fingerprint density at radius 1 is 1.22 bits per heavy atom. The lowest BCUT2D eigenvalue weighted by molar-refractivity contribution is 0.102. The summed E-state index contributed by atoms with van der Waals surface area (Å²) in [5.74, 6) is 0.941. The lowest BCUT2D eigenvalue weighted by Crippen LogP contribution is -2.16. The SMILES string of the molecule is Cc1nn(C)c(C)c1C(=O)Nc1ccccc1C(C)CC(C)C. The fourth-order valence-electron chi connectivity index (χ4n) is 3.16. The maximum Gasteiger partial charge on any atom is 0.259 e. The number of nitrogens with one attached hydrogen (secondary N) is 1. The number of benzene rings is 1. The van der Waals surface area contributed by atoms with Crippen LogP contribution in [0.5, 0.6) is 0 Å². The Kier molecular flexibility index (Phi) is 5.24. The second kappa shape index (κ2) is 6.99. The molecule has 0 saturated carbocycles. The van der Waals surface area contributed by atoms with E-state index in [-0.39, 0.29) is 5.91 Å². The van der Waals surface area contributed by atoms with E-state index < -0.39 is 0 Å². The van der Waals surface area contributed by atoms with Gasteiger partial charge in [-0.25, -0.2) is 0 Å². The van der Waals surface area contributed by atoms with E-state index >= 15 is 0 Å². The molecule has 2 rings (SSSR count). The lowest BCUT2D eigenvalue weighted by atomic mass is 9.91. The highest BCUT2D eigenvalue weighted by molar-refractivity contribution is 6.06. The van der Waals surface area contributed by atoms with Gasteiger partial charge in [-0.05, 0) is 43.7 Å².